The number of nitrogens with zero attached hydrogens (tertiary/aromatic N) is 4. The number of carbonyl (C=O) groups is 5. The second-order valence-electron chi connectivity index (χ2n) is 12.3. The quantitative estimate of drug-likeness (QED) is 0.138. The zero-order chi connectivity index (χ0) is 36.4. The van der Waals surface area contributed by atoms with Gasteiger partial charge in [-0.1, -0.05) is 31.8 Å². The van der Waals surface area contributed by atoms with Crippen LogP contribution in [0.5, 0.6) is 0 Å². The molecule has 258 valence electrons. The van der Waals surface area contributed by atoms with Gasteiger partial charge in [-0.15, -0.1) is 5.73 Å². The summed E-state index contributed by atoms with van der Waals surface area (Å²) in [6.07, 6.45) is 0.773. The molecule has 2 aliphatic heterocycles. The molecule has 0 radical (unpaired) electrons. The van der Waals surface area contributed by atoms with Gasteiger partial charge in [0.25, 0.3) is 17.7 Å². The van der Waals surface area contributed by atoms with Crippen LogP contribution >= 0.6 is 0 Å². The summed E-state index contributed by atoms with van der Waals surface area (Å²) in [5, 5.41) is 9.01. The number of hydrogen-bond donors (Lipinski definition) is 2. The Hall–Kier alpha value is -5.93. The number of benzene rings is 2. The van der Waals surface area contributed by atoms with Crippen molar-refractivity contribution in [1.82, 2.24) is 20.0 Å². The van der Waals surface area contributed by atoms with Crippen LogP contribution in [0.4, 0.5) is 24.5 Å². The second kappa shape index (κ2) is 13.9. The third kappa shape index (κ3) is 6.95. The molecule has 1 unspecified atom stereocenters. The molecule has 5 rings (SSSR count). The number of hydrogen-bond acceptors (Lipinski definition) is 7. The average Bonchev–Trinajstić information content (AvgIpc) is 3.62. The van der Waals surface area contributed by atoms with Crippen LogP contribution in [0.2, 0.25) is 0 Å². The lowest BCUT2D eigenvalue weighted by Gasteiger charge is -2.38. The largest absolute Gasteiger partial charge is 0.416 e. The molecule has 1 atom stereocenters. The molecule has 1 fully saturated rings. The maximum atomic E-state index is 13.3. The maximum Gasteiger partial charge on any atom is 0.416 e. The van der Waals surface area contributed by atoms with Crippen molar-refractivity contribution >= 4 is 47.5 Å². The molecule has 0 bridgehead atoms. The van der Waals surface area contributed by atoms with Crippen molar-refractivity contribution in [1.29, 1.82) is 0 Å². The van der Waals surface area contributed by atoms with E-state index in [1.165, 1.54) is 23.0 Å². The van der Waals surface area contributed by atoms with Crippen LogP contribution in [0.3, 0.4) is 0 Å². The highest BCUT2D eigenvalue weighted by molar-refractivity contribution is 6.23. The number of aromatic nitrogens is 2. The Morgan fingerprint density at radius 3 is 2.48 bits per heavy atom. The summed E-state index contributed by atoms with van der Waals surface area (Å²) < 4.78 is 41.1. The fourth-order valence-corrected chi connectivity index (χ4v) is 5.65. The number of halogens is 3. The number of carbonyl (C=O) groups excluding carboxylic acids is 5. The zero-order valence-corrected chi connectivity index (χ0v) is 27.4. The van der Waals surface area contributed by atoms with Crippen LogP contribution in [0.15, 0.2) is 61.1 Å². The predicted octanol–water partition coefficient (Wildman–Crippen LogP) is 4.60. The maximum absolute atomic E-state index is 13.3. The van der Waals surface area contributed by atoms with Crippen LogP contribution in [-0.4, -0.2) is 63.9 Å². The number of amides is 5. The minimum absolute atomic E-state index is 0.0197. The van der Waals surface area contributed by atoms with E-state index in [9.17, 15) is 37.1 Å². The van der Waals surface area contributed by atoms with Crippen LogP contribution in [0.1, 0.15) is 71.0 Å². The Bertz CT molecular complexity index is 1990. The van der Waals surface area contributed by atoms with Crippen LogP contribution in [0.25, 0.3) is 6.08 Å². The minimum atomic E-state index is -4.55. The lowest BCUT2D eigenvalue weighted by molar-refractivity contribution is -0.137. The van der Waals surface area contributed by atoms with Gasteiger partial charge in [-0.05, 0) is 62.7 Å². The van der Waals surface area contributed by atoms with Crippen molar-refractivity contribution in [3.63, 3.8) is 0 Å². The number of anilines is 2. The highest BCUT2D eigenvalue weighted by Gasteiger charge is 2.43. The first-order valence-electron chi connectivity index (χ1n) is 15.7. The van der Waals surface area contributed by atoms with E-state index in [0.29, 0.717) is 25.1 Å². The van der Waals surface area contributed by atoms with E-state index in [2.05, 4.69) is 34.6 Å². The summed E-state index contributed by atoms with van der Waals surface area (Å²) >= 11 is 0. The third-order valence-corrected chi connectivity index (χ3v) is 8.54. The van der Waals surface area contributed by atoms with Crippen LogP contribution in [-0.2, 0) is 26.1 Å². The summed E-state index contributed by atoms with van der Waals surface area (Å²) in [5.41, 5.74) is 2.25. The van der Waals surface area contributed by atoms with E-state index in [1.807, 2.05) is 10.2 Å². The normalized spacial score (nSPS) is 14.9. The Kier molecular flexibility index (Phi) is 9.83. The first-order chi connectivity index (χ1) is 23.7. The molecule has 2 aliphatic rings. The van der Waals surface area contributed by atoms with E-state index in [1.54, 1.807) is 45.2 Å². The van der Waals surface area contributed by atoms with E-state index >= 15 is 0 Å². The molecule has 3 aromatic rings. The molecule has 1 aromatic heterocycles. The van der Waals surface area contributed by atoms with Crippen molar-refractivity contribution in [3.8, 4) is 11.8 Å². The highest BCUT2D eigenvalue weighted by Crippen LogP contribution is 2.34. The van der Waals surface area contributed by atoms with Gasteiger partial charge in [-0.25, -0.2) is 0 Å². The molecule has 5 amide bonds. The van der Waals surface area contributed by atoms with Crippen LogP contribution in [0, 0.1) is 17.8 Å². The van der Waals surface area contributed by atoms with Gasteiger partial charge in [0.05, 0.1) is 34.4 Å². The highest BCUT2D eigenvalue weighted by atomic mass is 19.4. The summed E-state index contributed by atoms with van der Waals surface area (Å²) in [6, 6.07) is 6.79. The number of fused-ring (bicyclic) bond motifs is 1. The molecule has 0 saturated carbocycles. The summed E-state index contributed by atoms with van der Waals surface area (Å²) in [5.74, 6) is 3.81. The smallest absolute Gasteiger partial charge is 0.369 e. The Labute approximate surface area is 285 Å². The van der Waals surface area contributed by atoms with Gasteiger partial charge in [-0.2, -0.15) is 18.3 Å². The lowest BCUT2D eigenvalue weighted by Crippen LogP contribution is -2.49. The summed E-state index contributed by atoms with van der Waals surface area (Å²) in [6.45, 7) is 9.55. The number of alkyl halides is 3. The van der Waals surface area contributed by atoms with Gasteiger partial charge < -0.3 is 10.2 Å². The number of rotatable bonds is 10. The molecule has 14 heteroatoms. The number of nitrogens with one attached hydrogen (secondary N) is 2. The van der Waals surface area contributed by atoms with E-state index in [4.69, 9.17) is 0 Å². The van der Waals surface area contributed by atoms with E-state index in [0.717, 1.165) is 22.7 Å². The summed E-state index contributed by atoms with van der Waals surface area (Å²) in [4.78, 5) is 65.8. The van der Waals surface area contributed by atoms with E-state index in [-0.39, 0.29) is 41.1 Å². The Balaban J connectivity index is 1.22. The van der Waals surface area contributed by atoms with Crippen molar-refractivity contribution < 1.29 is 37.1 Å². The molecular formula is C36H33F3N6O5. The first-order valence-corrected chi connectivity index (χ1v) is 15.7. The molecule has 2 N–H and O–H groups in total. The number of imide groups is 2. The Morgan fingerprint density at radius 1 is 1.10 bits per heavy atom. The fraction of sp³-hybridized carbons (Fsp3) is 0.306. The molecule has 2 aromatic carbocycles. The Morgan fingerprint density at radius 2 is 1.82 bits per heavy atom. The monoisotopic (exact) mass is 686 g/mol. The second-order valence-corrected chi connectivity index (χ2v) is 12.3. The molecule has 0 spiro atoms. The van der Waals surface area contributed by atoms with Crippen molar-refractivity contribution in [2.45, 2.75) is 51.4 Å². The van der Waals surface area contributed by atoms with Gasteiger partial charge >= 0.3 is 6.18 Å². The predicted molar refractivity (Wildman–Crippen MR) is 178 cm³/mol. The van der Waals surface area contributed by atoms with Gasteiger partial charge in [0.15, 0.2) is 0 Å². The van der Waals surface area contributed by atoms with Crippen LogP contribution < -0.4 is 15.5 Å². The van der Waals surface area contributed by atoms with Crippen molar-refractivity contribution in [2.24, 2.45) is 5.92 Å². The standard InChI is InChI=1S/C36H33F3N6O5/c1-5-7-24-15-25(36(37,38)39)11-14-29(24)42-34(50)35(3,4)44-20-22(17-41-44)9-10-23-18-43(19-23)26-12-13-27-28(16-26)33(49)45(32(27)48)30(8-6-2)31(47)40-21-46/h7,11-17,20-21,23,30H,1,6,8,18-19H2,2-4H3,(H,42,50)(H,40,46,47). The molecule has 3 heterocycles. The van der Waals surface area contributed by atoms with Gasteiger partial charge in [0, 0.05) is 36.2 Å². The first kappa shape index (κ1) is 35.4. The molecule has 1 saturated heterocycles. The third-order valence-electron chi connectivity index (χ3n) is 8.54. The topological polar surface area (TPSA) is 134 Å². The van der Waals surface area contributed by atoms with Gasteiger partial charge in [-0.3, -0.25) is 38.9 Å². The molecule has 11 nitrogen and oxygen atoms in total. The summed E-state index contributed by atoms with van der Waals surface area (Å²) in [7, 11) is 0. The molecule has 50 heavy (non-hydrogen) atoms. The minimum Gasteiger partial charge on any atom is -0.369 e. The molecular weight excluding hydrogens is 653 g/mol. The van der Waals surface area contributed by atoms with Gasteiger partial charge in [0.1, 0.15) is 11.6 Å². The van der Waals surface area contributed by atoms with Crippen molar-refractivity contribution in [3.05, 3.63) is 88.9 Å². The van der Waals surface area contributed by atoms with Gasteiger partial charge in [0.2, 0.25) is 12.3 Å². The fourth-order valence-electron chi connectivity index (χ4n) is 5.65. The zero-order valence-electron chi connectivity index (χ0n) is 27.4. The molecule has 0 aliphatic carbocycles. The SMILES string of the molecule is C=C=Cc1cc(C(F)(F)F)ccc1NC(=O)C(C)(C)n1cc(C#CC2CN(c3ccc4c(c3)C(=O)N(C(CCC)C(=O)NC=O)C4=O)C2)cn1. The lowest BCUT2D eigenvalue weighted by atomic mass is 9.98. The van der Waals surface area contributed by atoms with Crippen molar-refractivity contribution in [2.75, 3.05) is 23.3 Å². The van der Waals surface area contributed by atoms with E-state index < -0.39 is 46.9 Å². The average molecular weight is 687 g/mol.